The summed E-state index contributed by atoms with van der Waals surface area (Å²) < 4.78 is 6.76. The molecule has 0 saturated carbocycles. The molecule has 25 heavy (non-hydrogen) atoms. The third kappa shape index (κ3) is 3.38. The van der Waals surface area contributed by atoms with E-state index in [1.165, 1.54) is 7.11 Å². The molecule has 0 fully saturated rings. The van der Waals surface area contributed by atoms with Crippen molar-refractivity contribution < 1.29 is 14.3 Å². The molecule has 6 nitrogen and oxygen atoms in total. The van der Waals surface area contributed by atoms with E-state index in [2.05, 4.69) is 10.3 Å². The SMILES string of the molecule is COC(=O)C(CNC(=O)c1ccccc1)c1nc2ccccc2n1C. The van der Waals surface area contributed by atoms with Gasteiger partial charge in [-0.2, -0.15) is 0 Å². The maximum absolute atomic E-state index is 12.3. The molecule has 1 amide bonds. The van der Waals surface area contributed by atoms with Crippen LogP contribution in [0.1, 0.15) is 22.1 Å². The lowest BCUT2D eigenvalue weighted by atomic mass is 10.1. The van der Waals surface area contributed by atoms with Crippen LogP contribution in [0.2, 0.25) is 0 Å². The fourth-order valence-corrected chi connectivity index (χ4v) is 2.78. The Morgan fingerprint density at radius 2 is 1.80 bits per heavy atom. The van der Waals surface area contributed by atoms with E-state index in [0.717, 1.165) is 11.0 Å². The number of rotatable bonds is 5. The summed E-state index contributed by atoms with van der Waals surface area (Å²) in [5, 5.41) is 2.79. The molecule has 3 rings (SSSR count). The number of carbonyl (C=O) groups excluding carboxylic acids is 2. The number of fused-ring (bicyclic) bond motifs is 1. The standard InChI is InChI=1S/C19H19N3O3/c1-22-16-11-7-6-10-15(16)21-17(22)14(19(24)25-2)12-20-18(23)13-8-4-3-5-9-13/h3-11,14H,12H2,1-2H3,(H,20,23). The Balaban J connectivity index is 1.86. The number of hydrogen-bond acceptors (Lipinski definition) is 4. The summed E-state index contributed by atoms with van der Waals surface area (Å²) in [6.07, 6.45) is 0. The van der Waals surface area contributed by atoms with Gasteiger partial charge in [0, 0.05) is 19.2 Å². The molecule has 0 spiro atoms. The van der Waals surface area contributed by atoms with Crippen LogP contribution >= 0.6 is 0 Å². The number of benzene rings is 2. The van der Waals surface area contributed by atoms with Gasteiger partial charge in [-0.15, -0.1) is 0 Å². The minimum absolute atomic E-state index is 0.109. The van der Waals surface area contributed by atoms with Crippen LogP contribution in [0.3, 0.4) is 0 Å². The third-order valence-corrected chi connectivity index (χ3v) is 4.12. The summed E-state index contributed by atoms with van der Waals surface area (Å²) >= 11 is 0. The van der Waals surface area contributed by atoms with Gasteiger partial charge in [-0.25, -0.2) is 4.98 Å². The van der Waals surface area contributed by atoms with Crippen molar-refractivity contribution in [2.45, 2.75) is 5.92 Å². The molecular formula is C19H19N3O3. The van der Waals surface area contributed by atoms with Gasteiger partial charge in [-0.3, -0.25) is 9.59 Å². The second kappa shape index (κ2) is 7.17. The number of carbonyl (C=O) groups is 2. The number of hydrogen-bond donors (Lipinski definition) is 1. The largest absolute Gasteiger partial charge is 0.468 e. The van der Waals surface area contributed by atoms with Gasteiger partial charge in [0.05, 0.1) is 18.1 Å². The molecule has 128 valence electrons. The maximum atomic E-state index is 12.3. The average molecular weight is 337 g/mol. The summed E-state index contributed by atoms with van der Waals surface area (Å²) in [5.74, 6) is -0.809. The zero-order valence-corrected chi connectivity index (χ0v) is 14.1. The Labute approximate surface area is 145 Å². The number of aromatic nitrogens is 2. The van der Waals surface area contributed by atoms with Crippen molar-refractivity contribution in [3.05, 3.63) is 66.0 Å². The van der Waals surface area contributed by atoms with Crippen molar-refractivity contribution >= 4 is 22.9 Å². The maximum Gasteiger partial charge on any atom is 0.318 e. The fraction of sp³-hybridized carbons (Fsp3) is 0.211. The van der Waals surface area contributed by atoms with Crippen molar-refractivity contribution in [1.82, 2.24) is 14.9 Å². The normalized spacial score (nSPS) is 11.9. The van der Waals surface area contributed by atoms with Gasteiger partial charge in [0.2, 0.25) is 0 Å². The number of esters is 1. The minimum atomic E-state index is -0.685. The highest BCUT2D eigenvalue weighted by Crippen LogP contribution is 2.21. The predicted octanol–water partition coefficient (Wildman–Crippen LogP) is 2.26. The Bertz CT molecular complexity index is 903. The van der Waals surface area contributed by atoms with Gasteiger partial charge < -0.3 is 14.6 Å². The van der Waals surface area contributed by atoms with Crippen molar-refractivity contribution in [1.29, 1.82) is 0 Å². The van der Waals surface area contributed by atoms with E-state index in [1.807, 2.05) is 41.9 Å². The predicted molar refractivity (Wildman–Crippen MR) is 94.2 cm³/mol. The first-order valence-corrected chi connectivity index (χ1v) is 7.94. The van der Waals surface area contributed by atoms with Crippen LogP contribution in [-0.4, -0.2) is 35.1 Å². The lowest BCUT2D eigenvalue weighted by Gasteiger charge is -2.15. The van der Waals surface area contributed by atoms with E-state index in [1.54, 1.807) is 24.3 Å². The zero-order valence-electron chi connectivity index (χ0n) is 14.1. The number of methoxy groups -OCH3 is 1. The second-order valence-corrected chi connectivity index (χ2v) is 5.67. The van der Waals surface area contributed by atoms with Crippen LogP contribution in [0.15, 0.2) is 54.6 Å². The van der Waals surface area contributed by atoms with Crippen LogP contribution < -0.4 is 5.32 Å². The van der Waals surface area contributed by atoms with Crippen molar-refractivity contribution in [3.8, 4) is 0 Å². The van der Waals surface area contributed by atoms with E-state index in [9.17, 15) is 9.59 Å². The molecule has 1 aromatic heterocycles. The lowest BCUT2D eigenvalue weighted by molar-refractivity contribution is -0.142. The van der Waals surface area contributed by atoms with Crippen molar-refractivity contribution in [3.63, 3.8) is 0 Å². The van der Waals surface area contributed by atoms with Gasteiger partial charge in [0.25, 0.3) is 5.91 Å². The van der Waals surface area contributed by atoms with Crippen LogP contribution in [0.25, 0.3) is 11.0 Å². The number of nitrogens with zero attached hydrogens (tertiary/aromatic N) is 2. The summed E-state index contributed by atoms with van der Waals surface area (Å²) in [7, 11) is 3.18. The molecular weight excluding hydrogens is 318 g/mol. The smallest absolute Gasteiger partial charge is 0.318 e. The number of imidazole rings is 1. The quantitative estimate of drug-likeness (QED) is 0.725. The van der Waals surface area contributed by atoms with Gasteiger partial charge >= 0.3 is 5.97 Å². The first-order valence-electron chi connectivity index (χ1n) is 7.94. The zero-order chi connectivity index (χ0) is 17.8. The van der Waals surface area contributed by atoms with Crippen LogP contribution in [0.5, 0.6) is 0 Å². The highest BCUT2D eigenvalue weighted by Gasteiger charge is 2.27. The molecule has 1 unspecified atom stereocenters. The Morgan fingerprint density at radius 1 is 1.12 bits per heavy atom. The number of para-hydroxylation sites is 2. The van der Waals surface area contributed by atoms with Gasteiger partial charge in [0.15, 0.2) is 0 Å². The lowest BCUT2D eigenvalue weighted by Crippen LogP contribution is -2.33. The molecule has 0 aliphatic rings. The first-order chi connectivity index (χ1) is 12.1. The number of amides is 1. The molecule has 1 N–H and O–H groups in total. The van der Waals surface area contributed by atoms with E-state index in [4.69, 9.17) is 4.74 Å². The van der Waals surface area contributed by atoms with E-state index < -0.39 is 11.9 Å². The summed E-state index contributed by atoms with van der Waals surface area (Å²) in [6, 6.07) is 16.5. The van der Waals surface area contributed by atoms with E-state index in [-0.39, 0.29) is 12.5 Å². The average Bonchev–Trinajstić information content (AvgIpc) is 2.99. The summed E-state index contributed by atoms with van der Waals surface area (Å²) in [6.45, 7) is 0.109. The van der Waals surface area contributed by atoms with E-state index >= 15 is 0 Å². The van der Waals surface area contributed by atoms with Crippen molar-refractivity contribution in [2.75, 3.05) is 13.7 Å². The van der Waals surface area contributed by atoms with Crippen molar-refractivity contribution in [2.24, 2.45) is 7.05 Å². The number of ether oxygens (including phenoxy) is 1. The summed E-state index contributed by atoms with van der Waals surface area (Å²) in [4.78, 5) is 29.1. The topological polar surface area (TPSA) is 73.2 Å². The molecule has 3 aromatic rings. The molecule has 6 heteroatoms. The molecule has 0 radical (unpaired) electrons. The van der Waals surface area contributed by atoms with Gasteiger partial charge in [0.1, 0.15) is 11.7 Å². The van der Waals surface area contributed by atoms with E-state index in [0.29, 0.717) is 11.4 Å². The molecule has 0 aliphatic heterocycles. The van der Waals surface area contributed by atoms with Crippen LogP contribution in [-0.2, 0) is 16.6 Å². The highest BCUT2D eigenvalue weighted by atomic mass is 16.5. The highest BCUT2D eigenvalue weighted by molar-refractivity contribution is 5.94. The summed E-state index contributed by atoms with van der Waals surface area (Å²) in [5.41, 5.74) is 2.25. The minimum Gasteiger partial charge on any atom is -0.468 e. The first kappa shape index (κ1) is 16.7. The van der Waals surface area contributed by atoms with Crippen LogP contribution in [0.4, 0.5) is 0 Å². The Hall–Kier alpha value is -3.15. The third-order valence-electron chi connectivity index (χ3n) is 4.12. The molecule has 0 bridgehead atoms. The molecule has 0 saturated heterocycles. The fourth-order valence-electron chi connectivity index (χ4n) is 2.78. The molecule has 0 aliphatic carbocycles. The Morgan fingerprint density at radius 3 is 2.48 bits per heavy atom. The van der Waals surface area contributed by atoms with Crippen LogP contribution in [0, 0.1) is 0 Å². The van der Waals surface area contributed by atoms with Gasteiger partial charge in [-0.1, -0.05) is 30.3 Å². The number of nitrogens with one attached hydrogen (secondary N) is 1. The van der Waals surface area contributed by atoms with Gasteiger partial charge in [-0.05, 0) is 24.3 Å². The number of aryl methyl sites for hydroxylation is 1. The molecule has 1 heterocycles. The Kier molecular flexibility index (Phi) is 4.79. The monoisotopic (exact) mass is 337 g/mol. The molecule has 2 aromatic carbocycles. The second-order valence-electron chi connectivity index (χ2n) is 5.67. The molecule has 1 atom stereocenters.